The lowest BCUT2D eigenvalue weighted by Gasteiger charge is -2.26. The molecule has 3 nitrogen and oxygen atoms in total. The number of nitrogens with one attached hydrogen (secondary N) is 1. The highest BCUT2D eigenvalue weighted by Gasteiger charge is 2.32. The van der Waals surface area contributed by atoms with Gasteiger partial charge in [0.1, 0.15) is 6.17 Å². The number of aryl methyl sites for hydroxylation is 3. The molecule has 2 aromatic rings. The largest absolute Gasteiger partial charge is 0.317 e. The van der Waals surface area contributed by atoms with E-state index < -0.39 is 0 Å². The van der Waals surface area contributed by atoms with Gasteiger partial charge in [-0.05, 0) is 53.8 Å². The fourth-order valence-corrected chi connectivity index (χ4v) is 3.63. The Morgan fingerprint density at radius 1 is 1.24 bits per heavy atom. The van der Waals surface area contributed by atoms with Crippen LogP contribution >= 0.6 is 11.3 Å². The monoisotopic (exact) mass is 300 g/mol. The average Bonchev–Trinajstić information content (AvgIpc) is 3.01. The van der Waals surface area contributed by atoms with Gasteiger partial charge in [-0.15, -0.1) is 0 Å². The molecule has 1 amide bonds. The summed E-state index contributed by atoms with van der Waals surface area (Å²) >= 11 is 1.70. The van der Waals surface area contributed by atoms with Crippen LogP contribution in [0.4, 0.5) is 0 Å². The Labute approximate surface area is 129 Å². The van der Waals surface area contributed by atoms with E-state index in [1.807, 2.05) is 4.90 Å². The molecule has 0 aliphatic carbocycles. The third kappa shape index (κ3) is 2.74. The summed E-state index contributed by atoms with van der Waals surface area (Å²) in [5, 5.41) is 7.63. The van der Waals surface area contributed by atoms with Gasteiger partial charge in [-0.2, -0.15) is 11.3 Å². The van der Waals surface area contributed by atoms with Gasteiger partial charge in [-0.1, -0.05) is 23.8 Å². The van der Waals surface area contributed by atoms with E-state index in [4.69, 9.17) is 0 Å². The van der Waals surface area contributed by atoms with Gasteiger partial charge in [-0.3, -0.25) is 10.1 Å². The summed E-state index contributed by atoms with van der Waals surface area (Å²) < 4.78 is 0. The summed E-state index contributed by atoms with van der Waals surface area (Å²) in [5.74, 6) is 0.173. The number of carbonyl (C=O) groups excluding carboxylic acids is 1. The van der Waals surface area contributed by atoms with Crippen molar-refractivity contribution in [3.8, 4) is 0 Å². The first-order valence-corrected chi connectivity index (χ1v) is 8.12. The molecule has 1 aromatic carbocycles. The zero-order chi connectivity index (χ0) is 15.0. The topological polar surface area (TPSA) is 32.3 Å². The number of amides is 1. The molecule has 0 spiro atoms. The van der Waals surface area contributed by atoms with Gasteiger partial charge in [0.05, 0.1) is 6.54 Å². The van der Waals surface area contributed by atoms with Gasteiger partial charge in [0, 0.05) is 6.54 Å². The molecule has 1 fully saturated rings. The number of rotatable bonds is 3. The van der Waals surface area contributed by atoms with E-state index in [1.54, 1.807) is 11.3 Å². The van der Waals surface area contributed by atoms with Gasteiger partial charge in [0.15, 0.2) is 0 Å². The average molecular weight is 300 g/mol. The number of nitrogens with zero attached hydrogens (tertiary/aromatic N) is 1. The highest BCUT2D eigenvalue weighted by atomic mass is 32.1. The van der Waals surface area contributed by atoms with E-state index in [-0.39, 0.29) is 12.1 Å². The van der Waals surface area contributed by atoms with Crippen LogP contribution in [0, 0.1) is 20.8 Å². The van der Waals surface area contributed by atoms with E-state index in [1.165, 1.54) is 27.8 Å². The van der Waals surface area contributed by atoms with Crippen LogP contribution in [-0.2, 0) is 11.3 Å². The van der Waals surface area contributed by atoms with Gasteiger partial charge >= 0.3 is 0 Å². The van der Waals surface area contributed by atoms with E-state index in [9.17, 15) is 4.79 Å². The molecule has 21 heavy (non-hydrogen) atoms. The molecule has 0 radical (unpaired) electrons. The Kier molecular flexibility index (Phi) is 3.83. The molecule has 1 atom stereocenters. The van der Waals surface area contributed by atoms with Crippen LogP contribution in [0.25, 0.3) is 0 Å². The molecule has 4 heteroatoms. The second-order valence-corrected chi connectivity index (χ2v) is 6.49. The predicted octanol–water partition coefficient (Wildman–Crippen LogP) is 3.30. The van der Waals surface area contributed by atoms with Crippen molar-refractivity contribution in [1.82, 2.24) is 10.2 Å². The summed E-state index contributed by atoms with van der Waals surface area (Å²) in [5.41, 5.74) is 6.16. The lowest BCUT2D eigenvalue weighted by Crippen LogP contribution is -2.30. The number of hydrogen-bond acceptors (Lipinski definition) is 3. The van der Waals surface area contributed by atoms with Crippen LogP contribution < -0.4 is 5.32 Å². The molecular formula is C17H20N2OS. The highest BCUT2D eigenvalue weighted by molar-refractivity contribution is 7.08. The van der Waals surface area contributed by atoms with Crippen molar-refractivity contribution in [3.05, 3.63) is 56.8 Å². The van der Waals surface area contributed by atoms with Crippen LogP contribution in [0.2, 0.25) is 0 Å². The van der Waals surface area contributed by atoms with Gasteiger partial charge in [0.2, 0.25) is 5.91 Å². The lowest BCUT2D eigenvalue weighted by molar-refractivity contribution is -0.128. The first kappa shape index (κ1) is 14.3. The molecule has 1 aliphatic heterocycles. The maximum atomic E-state index is 12.3. The van der Waals surface area contributed by atoms with E-state index in [0.29, 0.717) is 13.1 Å². The molecule has 2 heterocycles. The van der Waals surface area contributed by atoms with Gasteiger partial charge in [0.25, 0.3) is 0 Å². The summed E-state index contributed by atoms with van der Waals surface area (Å²) in [4.78, 5) is 14.2. The second-order valence-electron chi connectivity index (χ2n) is 5.75. The van der Waals surface area contributed by atoms with Crippen molar-refractivity contribution in [2.24, 2.45) is 0 Å². The Morgan fingerprint density at radius 3 is 2.76 bits per heavy atom. The summed E-state index contributed by atoms with van der Waals surface area (Å²) in [6, 6.07) is 6.42. The molecule has 3 rings (SSSR count). The molecule has 1 aromatic heterocycles. The van der Waals surface area contributed by atoms with Crippen LogP contribution in [0.3, 0.4) is 0 Å². The van der Waals surface area contributed by atoms with Crippen molar-refractivity contribution in [3.63, 3.8) is 0 Å². The number of carbonyl (C=O) groups is 1. The third-order valence-corrected chi connectivity index (χ3v) is 5.02. The van der Waals surface area contributed by atoms with Crippen molar-refractivity contribution >= 4 is 17.2 Å². The third-order valence-electron chi connectivity index (χ3n) is 4.11. The predicted molar refractivity (Wildman–Crippen MR) is 86.3 cm³/mol. The SMILES string of the molecule is Cc1ccc(C)c(C2NCC(=O)N2Cc2cscc2C)c1. The molecule has 1 unspecified atom stereocenters. The molecule has 1 N–H and O–H groups in total. The van der Waals surface area contributed by atoms with Crippen molar-refractivity contribution in [2.45, 2.75) is 33.5 Å². The highest BCUT2D eigenvalue weighted by Crippen LogP contribution is 2.29. The fourth-order valence-electron chi connectivity index (χ4n) is 2.78. The van der Waals surface area contributed by atoms with Gasteiger partial charge in [-0.25, -0.2) is 0 Å². The zero-order valence-electron chi connectivity index (χ0n) is 12.6. The Hall–Kier alpha value is -1.65. The van der Waals surface area contributed by atoms with Crippen LogP contribution in [0.5, 0.6) is 0 Å². The molecule has 1 saturated heterocycles. The summed E-state index contributed by atoms with van der Waals surface area (Å²) in [7, 11) is 0. The van der Waals surface area contributed by atoms with Crippen LogP contribution in [0.15, 0.2) is 29.0 Å². The normalized spacial score (nSPS) is 18.5. The van der Waals surface area contributed by atoms with Crippen LogP contribution in [0.1, 0.15) is 34.0 Å². The first-order chi connectivity index (χ1) is 10.1. The van der Waals surface area contributed by atoms with E-state index in [0.717, 1.165) is 0 Å². The molecule has 0 bridgehead atoms. The van der Waals surface area contributed by atoms with Crippen molar-refractivity contribution < 1.29 is 4.79 Å². The standard InChI is InChI=1S/C17H20N2OS/c1-11-4-5-12(2)15(6-11)17-18-7-16(20)19(17)8-14-10-21-9-13(14)3/h4-6,9-10,17-18H,7-8H2,1-3H3. The molecular weight excluding hydrogens is 280 g/mol. The minimum atomic E-state index is -0.0169. The number of thiophene rings is 1. The Balaban J connectivity index is 1.92. The molecule has 110 valence electrons. The minimum Gasteiger partial charge on any atom is -0.317 e. The maximum Gasteiger partial charge on any atom is 0.238 e. The maximum absolute atomic E-state index is 12.3. The lowest BCUT2D eigenvalue weighted by atomic mass is 10.0. The summed E-state index contributed by atoms with van der Waals surface area (Å²) in [6.45, 7) is 7.40. The second kappa shape index (κ2) is 5.62. The summed E-state index contributed by atoms with van der Waals surface area (Å²) in [6.07, 6.45) is -0.0169. The number of benzene rings is 1. The van der Waals surface area contributed by atoms with Crippen molar-refractivity contribution in [1.29, 1.82) is 0 Å². The molecule has 1 aliphatic rings. The quantitative estimate of drug-likeness (QED) is 0.943. The zero-order valence-corrected chi connectivity index (χ0v) is 13.5. The smallest absolute Gasteiger partial charge is 0.238 e. The Morgan fingerprint density at radius 2 is 2.05 bits per heavy atom. The molecule has 0 saturated carbocycles. The minimum absolute atomic E-state index is 0.0169. The van der Waals surface area contributed by atoms with E-state index >= 15 is 0 Å². The van der Waals surface area contributed by atoms with Gasteiger partial charge < -0.3 is 4.90 Å². The Bertz CT molecular complexity index is 677. The van der Waals surface area contributed by atoms with Crippen LogP contribution in [-0.4, -0.2) is 17.4 Å². The number of hydrogen-bond donors (Lipinski definition) is 1. The van der Waals surface area contributed by atoms with E-state index in [2.05, 4.69) is 55.0 Å². The fraction of sp³-hybridized carbons (Fsp3) is 0.353. The van der Waals surface area contributed by atoms with Crippen molar-refractivity contribution in [2.75, 3.05) is 6.54 Å². The first-order valence-electron chi connectivity index (χ1n) is 7.18.